The highest BCUT2D eigenvalue weighted by Crippen LogP contribution is 2.18. The Bertz CT molecular complexity index is 324. The Balaban J connectivity index is 3.11. The highest BCUT2D eigenvalue weighted by Gasteiger charge is 2.13. The van der Waals surface area contributed by atoms with Gasteiger partial charge in [0.2, 0.25) is 5.88 Å². The Hall–Kier alpha value is -1.78. The third-order valence-electron chi connectivity index (χ3n) is 1.44. The van der Waals surface area contributed by atoms with Crippen molar-refractivity contribution in [1.29, 1.82) is 0 Å². The maximum atomic E-state index is 11.0. The summed E-state index contributed by atoms with van der Waals surface area (Å²) < 4.78 is 9.17. The molecule has 0 unspecified atom stereocenters. The van der Waals surface area contributed by atoms with E-state index in [2.05, 4.69) is 9.72 Å². The number of hydrogen-bond acceptors (Lipinski definition) is 5. The molecule has 1 rings (SSSR count). The number of pyridine rings is 1. The van der Waals surface area contributed by atoms with E-state index in [1.165, 1.54) is 26.4 Å². The minimum Gasteiger partial charge on any atom is -0.505 e. The second-order valence-electron chi connectivity index (χ2n) is 2.21. The van der Waals surface area contributed by atoms with Crippen LogP contribution in [0.3, 0.4) is 0 Å². The second kappa shape index (κ2) is 3.75. The van der Waals surface area contributed by atoms with Gasteiger partial charge in [-0.2, -0.15) is 0 Å². The summed E-state index contributed by atoms with van der Waals surface area (Å²) in [6.07, 6.45) is 0. The zero-order chi connectivity index (χ0) is 9.84. The van der Waals surface area contributed by atoms with Crippen LogP contribution < -0.4 is 4.74 Å². The number of carbonyl (C=O) groups is 1. The van der Waals surface area contributed by atoms with Crippen LogP contribution >= 0.6 is 0 Å². The quantitative estimate of drug-likeness (QED) is 0.679. The Kier molecular flexibility index (Phi) is 2.69. The van der Waals surface area contributed by atoms with Gasteiger partial charge in [-0.05, 0) is 6.07 Å². The van der Waals surface area contributed by atoms with E-state index >= 15 is 0 Å². The van der Waals surface area contributed by atoms with Crippen molar-refractivity contribution in [1.82, 2.24) is 4.98 Å². The van der Waals surface area contributed by atoms with Gasteiger partial charge >= 0.3 is 5.97 Å². The van der Waals surface area contributed by atoms with Crippen molar-refractivity contribution < 1.29 is 19.4 Å². The van der Waals surface area contributed by atoms with Gasteiger partial charge in [0.25, 0.3) is 0 Å². The fourth-order valence-corrected chi connectivity index (χ4v) is 0.794. The molecule has 5 heteroatoms. The highest BCUT2D eigenvalue weighted by molar-refractivity contribution is 5.90. The molecule has 0 aliphatic rings. The van der Waals surface area contributed by atoms with Crippen molar-refractivity contribution in [3.8, 4) is 11.6 Å². The molecule has 0 radical (unpaired) electrons. The molecule has 13 heavy (non-hydrogen) atoms. The van der Waals surface area contributed by atoms with Crippen LogP contribution in [0.4, 0.5) is 0 Å². The standard InChI is InChI=1S/C8H9NO4/c1-12-6-4-3-5(10)7(9-6)8(11)13-2/h3-4,10H,1-2H3. The van der Waals surface area contributed by atoms with Crippen molar-refractivity contribution in [2.45, 2.75) is 0 Å². The topological polar surface area (TPSA) is 68.7 Å². The van der Waals surface area contributed by atoms with Crippen LogP contribution in [0.25, 0.3) is 0 Å². The van der Waals surface area contributed by atoms with Crippen molar-refractivity contribution in [2.24, 2.45) is 0 Å². The largest absolute Gasteiger partial charge is 0.505 e. The zero-order valence-corrected chi connectivity index (χ0v) is 7.27. The summed E-state index contributed by atoms with van der Waals surface area (Å²) in [5.41, 5.74) is -0.151. The summed E-state index contributed by atoms with van der Waals surface area (Å²) in [5.74, 6) is -0.678. The van der Waals surface area contributed by atoms with Crippen LogP contribution in [0, 0.1) is 0 Å². The van der Waals surface area contributed by atoms with Crippen molar-refractivity contribution in [3.63, 3.8) is 0 Å². The molecular weight excluding hydrogens is 174 g/mol. The van der Waals surface area contributed by atoms with E-state index in [1.807, 2.05) is 0 Å². The third kappa shape index (κ3) is 1.87. The first-order valence-electron chi connectivity index (χ1n) is 3.51. The van der Waals surface area contributed by atoms with Gasteiger partial charge < -0.3 is 14.6 Å². The molecule has 0 amide bonds. The lowest BCUT2D eigenvalue weighted by Gasteiger charge is -2.03. The van der Waals surface area contributed by atoms with Crippen LogP contribution in [-0.4, -0.2) is 30.3 Å². The van der Waals surface area contributed by atoms with Crippen LogP contribution in [0.5, 0.6) is 11.6 Å². The number of esters is 1. The summed E-state index contributed by atoms with van der Waals surface area (Å²) in [4.78, 5) is 14.7. The normalized spacial score (nSPS) is 9.38. The number of rotatable bonds is 2. The van der Waals surface area contributed by atoms with Gasteiger partial charge in [-0.25, -0.2) is 9.78 Å². The monoisotopic (exact) mass is 183 g/mol. The molecule has 0 spiro atoms. The maximum absolute atomic E-state index is 11.0. The van der Waals surface area contributed by atoms with Crippen LogP contribution in [0.1, 0.15) is 10.5 Å². The molecule has 70 valence electrons. The number of aromatic nitrogens is 1. The predicted octanol–water partition coefficient (Wildman–Crippen LogP) is 0.582. The van der Waals surface area contributed by atoms with E-state index in [-0.39, 0.29) is 17.3 Å². The molecule has 0 fully saturated rings. The summed E-state index contributed by atoms with van der Waals surface area (Å²) in [7, 11) is 2.63. The van der Waals surface area contributed by atoms with Gasteiger partial charge in [-0.1, -0.05) is 0 Å². The Morgan fingerprint density at radius 1 is 1.46 bits per heavy atom. The number of aromatic hydroxyl groups is 1. The fraction of sp³-hybridized carbons (Fsp3) is 0.250. The fourth-order valence-electron chi connectivity index (χ4n) is 0.794. The Labute approximate surface area is 74.9 Å². The van der Waals surface area contributed by atoms with Gasteiger partial charge in [-0.15, -0.1) is 0 Å². The summed E-state index contributed by atoms with van der Waals surface area (Å²) in [6.45, 7) is 0. The average molecular weight is 183 g/mol. The SMILES string of the molecule is COC(=O)c1nc(OC)ccc1O. The second-order valence-corrected chi connectivity index (χ2v) is 2.21. The molecule has 0 bridgehead atoms. The molecule has 5 nitrogen and oxygen atoms in total. The van der Waals surface area contributed by atoms with Crippen LogP contribution in [0.2, 0.25) is 0 Å². The third-order valence-corrected chi connectivity index (χ3v) is 1.44. The van der Waals surface area contributed by atoms with Crippen molar-refractivity contribution >= 4 is 5.97 Å². The van der Waals surface area contributed by atoms with Gasteiger partial charge in [0.05, 0.1) is 14.2 Å². The molecule has 0 aromatic carbocycles. The van der Waals surface area contributed by atoms with E-state index in [0.29, 0.717) is 0 Å². The van der Waals surface area contributed by atoms with Gasteiger partial charge in [0.15, 0.2) is 5.69 Å². The van der Waals surface area contributed by atoms with Gasteiger partial charge in [0, 0.05) is 6.07 Å². The van der Waals surface area contributed by atoms with E-state index in [0.717, 1.165) is 0 Å². The minimum atomic E-state index is -0.698. The first-order valence-corrected chi connectivity index (χ1v) is 3.51. The molecule has 1 heterocycles. The molecule has 0 aliphatic heterocycles. The zero-order valence-electron chi connectivity index (χ0n) is 7.27. The van der Waals surface area contributed by atoms with E-state index in [4.69, 9.17) is 4.74 Å². The first kappa shape index (κ1) is 9.31. The van der Waals surface area contributed by atoms with E-state index < -0.39 is 5.97 Å². The lowest BCUT2D eigenvalue weighted by atomic mass is 10.3. The Morgan fingerprint density at radius 3 is 2.69 bits per heavy atom. The van der Waals surface area contributed by atoms with Crippen molar-refractivity contribution in [2.75, 3.05) is 14.2 Å². The molecule has 0 aliphatic carbocycles. The summed E-state index contributed by atoms with van der Waals surface area (Å²) >= 11 is 0. The average Bonchev–Trinajstić information content (AvgIpc) is 2.17. The van der Waals surface area contributed by atoms with E-state index in [9.17, 15) is 9.90 Å². The number of ether oxygens (including phenoxy) is 2. The number of nitrogens with zero attached hydrogens (tertiary/aromatic N) is 1. The molecule has 1 aromatic rings. The number of hydrogen-bond donors (Lipinski definition) is 1. The van der Waals surface area contributed by atoms with Gasteiger partial charge in [0.1, 0.15) is 5.75 Å². The maximum Gasteiger partial charge on any atom is 0.360 e. The summed E-state index contributed by atoms with van der Waals surface area (Å²) in [5, 5.41) is 9.21. The molecule has 0 saturated carbocycles. The molecule has 0 saturated heterocycles. The molecule has 1 N–H and O–H groups in total. The van der Waals surface area contributed by atoms with Crippen LogP contribution in [0.15, 0.2) is 12.1 Å². The van der Waals surface area contributed by atoms with Gasteiger partial charge in [-0.3, -0.25) is 0 Å². The first-order chi connectivity index (χ1) is 6.19. The van der Waals surface area contributed by atoms with Crippen LogP contribution in [-0.2, 0) is 4.74 Å². The predicted molar refractivity (Wildman–Crippen MR) is 43.8 cm³/mol. The van der Waals surface area contributed by atoms with E-state index in [1.54, 1.807) is 0 Å². The molecular formula is C8H9NO4. The molecule has 1 aromatic heterocycles. The summed E-state index contributed by atoms with van der Waals surface area (Å²) in [6, 6.07) is 2.76. The highest BCUT2D eigenvalue weighted by atomic mass is 16.5. The molecule has 0 atom stereocenters. The lowest BCUT2D eigenvalue weighted by Crippen LogP contribution is -2.05. The van der Waals surface area contributed by atoms with Crippen molar-refractivity contribution in [3.05, 3.63) is 17.8 Å². The minimum absolute atomic E-state index is 0.151. The number of carbonyl (C=O) groups excluding carboxylic acids is 1. The lowest BCUT2D eigenvalue weighted by molar-refractivity contribution is 0.0589. The smallest absolute Gasteiger partial charge is 0.360 e. The Morgan fingerprint density at radius 2 is 2.15 bits per heavy atom. The number of methoxy groups -OCH3 is 2.